The molecule has 3 N–H and O–H groups in total. The number of rotatable bonds is 15. The molecule has 0 aliphatic rings. The Morgan fingerprint density at radius 3 is 2.21 bits per heavy atom. The number of carbonyl (C=O) groups excluding carboxylic acids is 3. The van der Waals surface area contributed by atoms with Crippen LogP contribution in [0.2, 0.25) is 0 Å². The van der Waals surface area contributed by atoms with Crippen LogP contribution in [0.1, 0.15) is 108 Å². The fourth-order valence-corrected chi connectivity index (χ4v) is 5.14. The van der Waals surface area contributed by atoms with E-state index in [2.05, 4.69) is 24.5 Å². The van der Waals surface area contributed by atoms with Crippen molar-refractivity contribution < 1.29 is 24.2 Å². The molecule has 0 radical (unpaired) electrons. The number of alkyl carbamates (subject to hydrolysis) is 1. The summed E-state index contributed by atoms with van der Waals surface area (Å²) in [7, 11) is 0. The Balaban J connectivity index is 2.63. The first-order valence-electron chi connectivity index (χ1n) is 15.7. The lowest BCUT2D eigenvalue weighted by atomic mass is 9.94. The van der Waals surface area contributed by atoms with Crippen molar-refractivity contribution >= 4 is 17.9 Å². The Hall–Kier alpha value is -3.55. The number of phenols is 1. The standard InChI is InChI=1S/C35H53N3O5/c1-9-11-12-13-22-38(31(32(40)36-25(4)15-10-2)29-17-14-16-24(3)26(29)5)33(41)30(37-34(42)43-35(6,7)8)23-27-18-20-28(39)21-19-27/h14,16-21,25,30-31,39H,9-13,15,22-23H2,1-8H3,(H,36,40)(H,37,42). The van der Waals surface area contributed by atoms with Gasteiger partial charge in [0, 0.05) is 19.0 Å². The zero-order valence-corrected chi connectivity index (χ0v) is 27.5. The third kappa shape index (κ3) is 11.6. The van der Waals surface area contributed by atoms with Crippen LogP contribution in [-0.4, -0.2) is 52.1 Å². The molecule has 2 aromatic carbocycles. The molecule has 0 saturated carbocycles. The summed E-state index contributed by atoms with van der Waals surface area (Å²) in [6.45, 7) is 15.8. The van der Waals surface area contributed by atoms with Crippen molar-refractivity contribution in [2.24, 2.45) is 0 Å². The van der Waals surface area contributed by atoms with Crippen LogP contribution < -0.4 is 10.6 Å². The average Bonchev–Trinajstić information content (AvgIpc) is 2.92. The van der Waals surface area contributed by atoms with E-state index in [1.165, 1.54) is 0 Å². The number of hydrogen-bond acceptors (Lipinski definition) is 5. The van der Waals surface area contributed by atoms with Gasteiger partial charge in [-0.3, -0.25) is 9.59 Å². The second-order valence-corrected chi connectivity index (χ2v) is 12.6. The molecule has 2 rings (SSSR count). The monoisotopic (exact) mass is 595 g/mol. The molecular weight excluding hydrogens is 542 g/mol. The van der Waals surface area contributed by atoms with E-state index in [1.54, 1.807) is 49.9 Å². The van der Waals surface area contributed by atoms with Crippen LogP contribution in [0.4, 0.5) is 4.79 Å². The number of phenolic OH excluding ortho intramolecular Hbond substituents is 1. The van der Waals surface area contributed by atoms with E-state index < -0.39 is 23.8 Å². The van der Waals surface area contributed by atoms with Crippen LogP contribution in [0.5, 0.6) is 5.75 Å². The molecule has 0 fully saturated rings. The van der Waals surface area contributed by atoms with Gasteiger partial charge in [-0.2, -0.15) is 0 Å². The van der Waals surface area contributed by atoms with Crippen molar-refractivity contribution in [3.8, 4) is 5.75 Å². The van der Waals surface area contributed by atoms with Gasteiger partial charge in [0.05, 0.1) is 0 Å². The highest BCUT2D eigenvalue weighted by molar-refractivity contribution is 5.92. The molecule has 0 aliphatic carbocycles. The Morgan fingerprint density at radius 1 is 0.930 bits per heavy atom. The predicted octanol–water partition coefficient (Wildman–Crippen LogP) is 6.90. The largest absolute Gasteiger partial charge is 0.508 e. The summed E-state index contributed by atoms with van der Waals surface area (Å²) >= 11 is 0. The zero-order valence-electron chi connectivity index (χ0n) is 27.5. The number of benzene rings is 2. The molecule has 0 aromatic heterocycles. The van der Waals surface area contributed by atoms with Crippen molar-refractivity contribution in [1.82, 2.24) is 15.5 Å². The number of amides is 3. The summed E-state index contributed by atoms with van der Waals surface area (Å²) in [5.41, 5.74) is 2.75. The third-order valence-corrected chi connectivity index (χ3v) is 7.51. The van der Waals surface area contributed by atoms with Gasteiger partial charge in [0.15, 0.2) is 0 Å². The maximum Gasteiger partial charge on any atom is 0.408 e. The van der Waals surface area contributed by atoms with Gasteiger partial charge in [0.1, 0.15) is 23.4 Å². The van der Waals surface area contributed by atoms with Crippen LogP contribution in [0, 0.1) is 13.8 Å². The molecule has 0 spiro atoms. The second-order valence-electron chi connectivity index (χ2n) is 12.6. The van der Waals surface area contributed by atoms with E-state index in [9.17, 15) is 19.5 Å². The lowest BCUT2D eigenvalue weighted by Crippen LogP contribution is -2.54. The Bertz CT molecular complexity index is 1190. The maximum atomic E-state index is 14.6. The highest BCUT2D eigenvalue weighted by Crippen LogP contribution is 2.29. The molecule has 0 heterocycles. The summed E-state index contributed by atoms with van der Waals surface area (Å²) in [5, 5.41) is 15.8. The van der Waals surface area contributed by atoms with Gasteiger partial charge in [0.25, 0.3) is 0 Å². The number of nitrogens with zero attached hydrogens (tertiary/aromatic N) is 1. The number of ether oxygens (including phenoxy) is 1. The summed E-state index contributed by atoms with van der Waals surface area (Å²) in [5.74, 6) is -0.490. The van der Waals surface area contributed by atoms with E-state index >= 15 is 0 Å². The fourth-order valence-electron chi connectivity index (χ4n) is 5.14. The molecule has 0 aliphatic heterocycles. The maximum absolute atomic E-state index is 14.6. The summed E-state index contributed by atoms with van der Waals surface area (Å²) in [6, 6.07) is 10.4. The van der Waals surface area contributed by atoms with E-state index in [0.717, 1.165) is 60.8 Å². The van der Waals surface area contributed by atoms with E-state index in [-0.39, 0.29) is 30.0 Å². The quantitative estimate of drug-likeness (QED) is 0.194. The normalized spacial score (nSPS) is 13.5. The topological polar surface area (TPSA) is 108 Å². The minimum absolute atomic E-state index is 0.0603. The first-order chi connectivity index (χ1) is 20.3. The highest BCUT2D eigenvalue weighted by atomic mass is 16.6. The Morgan fingerprint density at radius 2 is 1.60 bits per heavy atom. The Labute approximate surface area is 258 Å². The molecule has 238 valence electrons. The van der Waals surface area contributed by atoms with Crippen molar-refractivity contribution in [1.29, 1.82) is 0 Å². The Kier molecular flexibility index (Phi) is 14.0. The molecule has 43 heavy (non-hydrogen) atoms. The van der Waals surface area contributed by atoms with Crippen LogP contribution in [0.25, 0.3) is 0 Å². The van der Waals surface area contributed by atoms with Crippen molar-refractivity contribution in [2.75, 3.05) is 6.54 Å². The number of aromatic hydroxyl groups is 1. The molecule has 3 amide bonds. The van der Waals surface area contributed by atoms with Gasteiger partial charge in [-0.05, 0) is 88.8 Å². The van der Waals surface area contributed by atoms with Crippen LogP contribution in [-0.2, 0) is 20.7 Å². The summed E-state index contributed by atoms with van der Waals surface area (Å²) in [6.07, 6.45) is 4.88. The van der Waals surface area contributed by atoms with E-state index in [4.69, 9.17) is 4.74 Å². The molecule has 2 aromatic rings. The SMILES string of the molecule is CCCCCCN(C(=O)C(Cc1ccc(O)cc1)NC(=O)OC(C)(C)C)C(C(=O)NC(C)CCC)c1cccc(C)c1C. The minimum atomic E-state index is -1.00. The van der Waals surface area contributed by atoms with Crippen LogP contribution >= 0.6 is 0 Å². The van der Waals surface area contributed by atoms with Gasteiger partial charge in [0.2, 0.25) is 11.8 Å². The first kappa shape index (κ1) is 35.6. The minimum Gasteiger partial charge on any atom is -0.508 e. The summed E-state index contributed by atoms with van der Waals surface area (Å²) < 4.78 is 5.53. The number of carbonyl (C=O) groups is 3. The lowest BCUT2D eigenvalue weighted by Gasteiger charge is -2.36. The summed E-state index contributed by atoms with van der Waals surface area (Å²) in [4.78, 5) is 43.4. The first-order valence-corrected chi connectivity index (χ1v) is 15.7. The number of hydrogen-bond donors (Lipinski definition) is 3. The molecular formula is C35H53N3O5. The molecule has 3 unspecified atom stereocenters. The predicted molar refractivity (Wildman–Crippen MR) is 172 cm³/mol. The fraction of sp³-hybridized carbons (Fsp3) is 0.571. The molecule has 0 saturated heterocycles. The van der Waals surface area contributed by atoms with E-state index in [1.807, 2.05) is 39.0 Å². The van der Waals surface area contributed by atoms with Crippen molar-refractivity contribution in [3.05, 3.63) is 64.7 Å². The number of aryl methyl sites for hydroxylation is 1. The number of unbranched alkanes of at least 4 members (excludes halogenated alkanes) is 3. The third-order valence-electron chi connectivity index (χ3n) is 7.51. The average molecular weight is 596 g/mol. The molecule has 8 nitrogen and oxygen atoms in total. The van der Waals surface area contributed by atoms with Gasteiger partial charge in [-0.25, -0.2) is 4.79 Å². The van der Waals surface area contributed by atoms with Crippen molar-refractivity contribution in [3.63, 3.8) is 0 Å². The van der Waals surface area contributed by atoms with Gasteiger partial charge in [-0.1, -0.05) is 69.9 Å². The molecule has 0 bridgehead atoms. The van der Waals surface area contributed by atoms with Crippen molar-refractivity contribution in [2.45, 2.75) is 124 Å². The van der Waals surface area contributed by atoms with E-state index in [0.29, 0.717) is 6.54 Å². The smallest absolute Gasteiger partial charge is 0.408 e. The lowest BCUT2D eigenvalue weighted by molar-refractivity contribution is -0.142. The molecule has 3 atom stereocenters. The second kappa shape index (κ2) is 16.9. The number of nitrogens with one attached hydrogen (secondary N) is 2. The highest BCUT2D eigenvalue weighted by Gasteiger charge is 2.37. The zero-order chi connectivity index (χ0) is 32.2. The van der Waals surface area contributed by atoms with Crippen LogP contribution in [0.3, 0.4) is 0 Å². The van der Waals surface area contributed by atoms with Gasteiger partial charge < -0.3 is 25.4 Å². The van der Waals surface area contributed by atoms with Crippen LogP contribution in [0.15, 0.2) is 42.5 Å². The van der Waals surface area contributed by atoms with Gasteiger partial charge >= 0.3 is 6.09 Å². The molecule has 8 heteroatoms. The van der Waals surface area contributed by atoms with Gasteiger partial charge in [-0.15, -0.1) is 0 Å².